The summed E-state index contributed by atoms with van der Waals surface area (Å²) in [6.07, 6.45) is -0.666. The third kappa shape index (κ3) is 6.81. The lowest BCUT2D eigenvalue weighted by molar-refractivity contribution is -0.137. The zero-order chi connectivity index (χ0) is 19.4. The minimum atomic E-state index is -4.36. The van der Waals surface area contributed by atoms with Crippen LogP contribution in [0.25, 0.3) is 0 Å². The summed E-state index contributed by atoms with van der Waals surface area (Å²) in [7, 11) is -1.52. The molecule has 0 radical (unpaired) electrons. The van der Waals surface area contributed by atoms with E-state index < -0.39 is 21.6 Å². The van der Waals surface area contributed by atoms with Crippen molar-refractivity contribution >= 4 is 39.8 Å². The first-order chi connectivity index (χ1) is 12.1. The van der Waals surface area contributed by atoms with Gasteiger partial charge in [0.25, 0.3) is 0 Å². The largest absolute Gasteiger partial charge is 0.416 e. The van der Waals surface area contributed by atoms with Gasteiger partial charge < -0.3 is 10.6 Å². The molecule has 10 heteroatoms. The average molecular weight is 519 g/mol. The first-order valence-corrected chi connectivity index (χ1v) is 10.4. The highest BCUT2D eigenvalue weighted by Crippen LogP contribution is 2.44. The Morgan fingerprint density at radius 3 is 2.41 bits per heavy atom. The predicted molar refractivity (Wildman–Crippen MR) is 111 cm³/mol. The summed E-state index contributed by atoms with van der Waals surface area (Å²) in [5.41, 5.74) is -0.343. The molecule has 5 nitrogen and oxygen atoms in total. The normalized spacial score (nSPS) is 16.9. The third-order valence-electron chi connectivity index (χ3n) is 4.70. The number of rotatable bonds is 6. The van der Waals surface area contributed by atoms with Crippen molar-refractivity contribution in [1.29, 1.82) is 0 Å². The minimum absolute atomic E-state index is 0. The van der Waals surface area contributed by atoms with Crippen LogP contribution in [0.3, 0.4) is 0 Å². The molecule has 0 spiro atoms. The fourth-order valence-electron chi connectivity index (χ4n) is 3.02. The Hall–Kier alpha value is -1.04. The first kappa shape index (κ1) is 24.0. The van der Waals surface area contributed by atoms with Crippen molar-refractivity contribution in [1.82, 2.24) is 10.6 Å². The number of guanidine groups is 1. The lowest BCUT2D eigenvalue weighted by Gasteiger charge is -2.43. The Bertz CT molecular complexity index is 763. The van der Waals surface area contributed by atoms with E-state index >= 15 is 0 Å². The van der Waals surface area contributed by atoms with Crippen LogP contribution in [0, 0.1) is 0 Å². The van der Waals surface area contributed by atoms with Gasteiger partial charge in [-0.1, -0.05) is 24.6 Å². The lowest BCUT2D eigenvalue weighted by atomic mass is 9.64. The molecule has 2 N–H and O–H groups in total. The molecule has 2 rings (SSSR count). The van der Waals surface area contributed by atoms with E-state index in [4.69, 9.17) is 0 Å². The molecule has 0 aromatic heterocycles. The van der Waals surface area contributed by atoms with Crippen molar-refractivity contribution in [3.63, 3.8) is 0 Å². The maximum absolute atomic E-state index is 13.0. The van der Waals surface area contributed by atoms with Crippen LogP contribution in [0.5, 0.6) is 0 Å². The predicted octanol–water partition coefficient (Wildman–Crippen LogP) is 2.95. The van der Waals surface area contributed by atoms with Crippen molar-refractivity contribution in [2.75, 3.05) is 32.1 Å². The van der Waals surface area contributed by atoms with Crippen LogP contribution in [0.1, 0.15) is 30.4 Å². The van der Waals surface area contributed by atoms with Crippen molar-refractivity contribution in [3.05, 3.63) is 35.4 Å². The molecule has 1 aliphatic rings. The maximum atomic E-state index is 13.0. The molecular weight excluding hydrogens is 494 g/mol. The van der Waals surface area contributed by atoms with Gasteiger partial charge in [0.2, 0.25) is 0 Å². The Balaban J connectivity index is 0.00000364. The number of aliphatic imine (C=N–C) groups is 1. The van der Waals surface area contributed by atoms with Gasteiger partial charge in [-0.05, 0) is 24.5 Å². The molecule has 1 aromatic carbocycles. The molecule has 0 amide bonds. The highest BCUT2D eigenvalue weighted by Gasteiger charge is 2.40. The average Bonchev–Trinajstić information content (AvgIpc) is 2.50. The van der Waals surface area contributed by atoms with Gasteiger partial charge in [0.1, 0.15) is 9.84 Å². The Labute approximate surface area is 175 Å². The van der Waals surface area contributed by atoms with Crippen LogP contribution in [0.15, 0.2) is 29.3 Å². The van der Waals surface area contributed by atoms with Gasteiger partial charge in [0, 0.05) is 31.8 Å². The standard InChI is InChI=1S/C17H24F3N3O2S.HI/c1-21-15(22-9-10-26(2,24)25)23-12-16(7-4-8-16)13-5-3-6-14(11-13)17(18,19)20;/h3,5-6,11H,4,7-10,12H2,1-2H3,(H2,21,22,23);1H. The van der Waals surface area contributed by atoms with Gasteiger partial charge in [0.05, 0.1) is 11.3 Å². The Morgan fingerprint density at radius 2 is 1.93 bits per heavy atom. The minimum Gasteiger partial charge on any atom is -0.356 e. The Morgan fingerprint density at radius 1 is 1.26 bits per heavy atom. The summed E-state index contributed by atoms with van der Waals surface area (Å²) in [6.45, 7) is 0.655. The molecule has 0 aliphatic heterocycles. The lowest BCUT2D eigenvalue weighted by Crippen LogP contribution is -2.49. The molecule has 1 saturated carbocycles. The highest BCUT2D eigenvalue weighted by atomic mass is 127. The van der Waals surface area contributed by atoms with E-state index in [-0.39, 0.29) is 41.7 Å². The topological polar surface area (TPSA) is 70.6 Å². The molecule has 0 bridgehead atoms. The molecule has 0 saturated heterocycles. The van der Waals surface area contributed by atoms with Gasteiger partial charge in [-0.25, -0.2) is 8.42 Å². The third-order valence-corrected chi connectivity index (χ3v) is 5.64. The molecule has 0 atom stereocenters. The van der Waals surface area contributed by atoms with E-state index in [1.807, 2.05) is 0 Å². The van der Waals surface area contributed by atoms with E-state index in [1.54, 1.807) is 13.1 Å². The second-order valence-electron chi connectivity index (χ2n) is 6.69. The summed E-state index contributed by atoms with van der Waals surface area (Å²) >= 11 is 0. The highest BCUT2D eigenvalue weighted by molar-refractivity contribution is 14.0. The number of hydrogen-bond donors (Lipinski definition) is 2. The molecule has 27 heavy (non-hydrogen) atoms. The van der Waals surface area contributed by atoms with Gasteiger partial charge in [-0.15, -0.1) is 24.0 Å². The van der Waals surface area contributed by atoms with Crippen LogP contribution < -0.4 is 10.6 Å². The van der Waals surface area contributed by atoms with Gasteiger partial charge in [-0.2, -0.15) is 13.2 Å². The molecule has 1 aromatic rings. The SMILES string of the molecule is CN=C(NCCS(C)(=O)=O)NCC1(c2cccc(C(F)(F)F)c2)CCC1.I. The maximum Gasteiger partial charge on any atom is 0.416 e. The van der Waals surface area contributed by atoms with E-state index in [0.717, 1.165) is 31.6 Å². The van der Waals surface area contributed by atoms with E-state index in [9.17, 15) is 21.6 Å². The molecule has 1 aliphatic carbocycles. The van der Waals surface area contributed by atoms with Crippen LogP contribution >= 0.6 is 24.0 Å². The van der Waals surface area contributed by atoms with E-state index in [0.29, 0.717) is 18.1 Å². The van der Waals surface area contributed by atoms with Crippen LogP contribution in [0.4, 0.5) is 13.2 Å². The molecule has 0 heterocycles. The zero-order valence-corrected chi connectivity index (χ0v) is 18.4. The second-order valence-corrected chi connectivity index (χ2v) is 8.95. The fourth-order valence-corrected chi connectivity index (χ4v) is 3.50. The van der Waals surface area contributed by atoms with Crippen molar-refractivity contribution in [2.24, 2.45) is 4.99 Å². The first-order valence-electron chi connectivity index (χ1n) is 8.36. The quantitative estimate of drug-likeness (QED) is 0.345. The number of halogens is 4. The number of hydrogen-bond acceptors (Lipinski definition) is 3. The summed E-state index contributed by atoms with van der Waals surface area (Å²) < 4.78 is 61.3. The summed E-state index contributed by atoms with van der Waals surface area (Å²) in [6, 6.07) is 5.48. The number of sulfone groups is 1. The van der Waals surface area contributed by atoms with Gasteiger partial charge in [0.15, 0.2) is 5.96 Å². The van der Waals surface area contributed by atoms with Crippen LogP contribution in [0.2, 0.25) is 0 Å². The zero-order valence-electron chi connectivity index (χ0n) is 15.3. The van der Waals surface area contributed by atoms with Crippen LogP contribution in [-0.2, 0) is 21.4 Å². The summed E-state index contributed by atoms with van der Waals surface area (Å²) in [5.74, 6) is 0.416. The number of nitrogens with zero attached hydrogens (tertiary/aromatic N) is 1. The van der Waals surface area contributed by atoms with E-state index in [1.165, 1.54) is 12.1 Å². The Kier molecular flexibility index (Phi) is 8.39. The van der Waals surface area contributed by atoms with Gasteiger partial charge >= 0.3 is 6.18 Å². The van der Waals surface area contributed by atoms with E-state index in [2.05, 4.69) is 15.6 Å². The fraction of sp³-hybridized carbons (Fsp3) is 0.588. The van der Waals surface area contributed by atoms with Crippen LogP contribution in [-0.4, -0.2) is 46.5 Å². The van der Waals surface area contributed by atoms with Gasteiger partial charge in [-0.3, -0.25) is 4.99 Å². The van der Waals surface area contributed by atoms with Crippen molar-refractivity contribution in [3.8, 4) is 0 Å². The smallest absolute Gasteiger partial charge is 0.356 e. The molecule has 154 valence electrons. The monoisotopic (exact) mass is 519 g/mol. The number of nitrogens with one attached hydrogen (secondary N) is 2. The summed E-state index contributed by atoms with van der Waals surface area (Å²) in [5, 5.41) is 6.03. The van der Waals surface area contributed by atoms with Crippen molar-refractivity contribution < 1.29 is 21.6 Å². The van der Waals surface area contributed by atoms with Crippen molar-refractivity contribution in [2.45, 2.75) is 30.9 Å². The molecule has 1 fully saturated rings. The molecular formula is C17H25F3IN3O2S. The molecule has 0 unspecified atom stereocenters. The number of alkyl halides is 3. The number of benzene rings is 1. The summed E-state index contributed by atoms with van der Waals surface area (Å²) in [4.78, 5) is 4.04. The second kappa shape index (κ2) is 9.44.